The molecule has 1 aromatic rings. The van der Waals surface area contributed by atoms with E-state index < -0.39 is 12.0 Å². The smallest absolute Gasteiger partial charge is 0.183 e. The minimum atomic E-state index is -1.55. The average Bonchev–Trinajstić information content (AvgIpc) is 2.16. The summed E-state index contributed by atoms with van der Waals surface area (Å²) in [6, 6.07) is 6.45. The minimum Gasteiger partial charge on any atom is -0.497 e. The summed E-state index contributed by atoms with van der Waals surface area (Å²) in [6.07, 6.45) is -1.55. The monoisotopic (exact) mass is 182 g/mol. The number of hydrogen-bond donors (Lipinski definition) is 0. The van der Waals surface area contributed by atoms with Crippen LogP contribution in [0.3, 0.4) is 0 Å². The molecule has 0 aromatic heterocycles. The lowest BCUT2D eigenvalue weighted by Crippen LogP contribution is -2.02. The Kier molecular flexibility index (Phi) is 3.01. The van der Waals surface area contributed by atoms with Gasteiger partial charge in [0, 0.05) is 0 Å². The molecule has 0 bridgehead atoms. The molecule has 3 heteroatoms. The molecule has 0 amide bonds. The standard InChI is InChI=1S/C10H11FO2/c1-7(12)10(11)8-4-3-5-9(6-8)13-2/h3-6,10H,1-2H3. The van der Waals surface area contributed by atoms with Crippen LogP contribution in [0.15, 0.2) is 24.3 Å². The summed E-state index contributed by atoms with van der Waals surface area (Å²) in [5.41, 5.74) is 0.340. The normalized spacial score (nSPS) is 12.2. The van der Waals surface area contributed by atoms with Crippen LogP contribution in [0.2, 0.25) is 0 Å². The maximum atomic E-state index is 13.2. The molecule has 0 N–H and O–H groups in total. The second-order valence-electron chi connectivity index (χ2n) is 2.75. The van der Waals surface area contributed by atoms with E-state index in [9.17, 15) is 9.18 Å². The third-order valence-corrected chi connectivity index (χ3v) is 1.74. The number of carbonyl (C=O) groups excluding carboxylic acids is 1. The van der Waals surface area contributed by atoms with E-state index in [0.29, 0.717) is 11.3 Å². The molecule has 0 saturated heterocycles. The van der Waals surface area contributed by atoms with Gasteiger partial charge in [0.05, 0.1) is 7.11 Å². The lowest BCUT2D eigenvalue weighted by atomic mass is 10.1. The third kappa shape index (κ3) is 2.28. The number of carbonyl (C=O) groups is 1. The fourth-order valence-corrected chi connectivity index (χ4v) is 1.03. The number of halogens is 1. The molecule has 1 atom stereocenters. The Morgan fingerprint density at radius 3 is 2.77 bits per heavy atom. The van der Waals surface area contributed by atoms with Crippen LogP contribution in [0.4, 0.5) is 4.39 Å². The van der Waals surface area contributed by atoms with Gasteiger partial charge in [-0.15, -0.1) is 0 Å². The van der Waals surface area contributed by atoms with Crippen LogP contribution < -0.4 is 4.74 Å². The van der Waals surface area contributed by atoms with E-state index in [0.717, 1.165) is 0 Å². The van der Waals surface area contributed by atoms with Crippen LogP contribution in [0.25, 0.3) is 0 Å². The van der Waals surface area contributed by atoms with Crippen LogP contribution in [-0.2, 0) is 4.79 Å². The Hall–Kier alpha value is -1.38. The number of hydrogen-bond acceptors (Lipinski definition) is 2. The Morgan fingerprint density at radius 2 is 2.23 bits per heavy atom. The summed E-state index contributed by atoms with van der Waals surface area (Å²) in [5.74, 6) is 0.0645. The Balaban J connectivity index is 2.94. The zero-order valence-electron chi connectivity index (χ0n) is 7.58. The van der Waals surface area contributed by atoms with Gasteiger partial charge in [0.1, 0.15) is 5.75 Å². The number of benzene rings is 1. The molecule has 0 spiro atoms. The number of alkyl halides is 1. The predicted molar refractivity (Wildman–Crippen MR) is 47.5 cm³/mol. The van der Waals surface area contributed by atoms with Gasteiger partial charge in [0.25, 0.3) is 0 Å². The second-order valence-corrected chi connectivity index (χ2v) is 2.75. The highest BCUT2D eigenvalue weighted by atomic mass is 19.1. The Morgan fingerprint density at radius 1 is 1.54 bits per heavy atom. The van der Waals surface area contributed by atoms with Crippen molar-refractivity contribution < 1.29 is 13.9 Å². The first-order valence-corrected chi connectivity index (χ1v) is 3.93. The topological polar surface area (TPSA) is 26.3 Å². The molecular formula is C10H11FO2. The molecule has 0 radical (unpaired) electrons. The van der Waals surface area contributed by atoms with Crippen molar-refractivity contribution in [2.24, 2.45) is 0 Å². The van der Waals surface area contributed by atoms with Crippen LogP contribution in [0.1, 0.15) is 18.7 Å². The highest BCUT2D eigenvalue weighted by Crippen LogP contribution is 2.22. The van der Waals surface area contributed by atoms with Crippen LogP contribution in [0.5, 0.6) is 5.75 Å². The summed E-state index contributed by atoms with van der Waals surface area (Å²) in [7, 11) is 1.50. The number of rotatable bonds is 3. The summed E-state index contributed by atoms with van der Waals surface area (Å²) in [6.45, 7) is 1.23. The van der Waals surface area contributed by atoms with Gasteiger partial charge >= 0.3 is 0 Å². The van der Waals surface area contributed by atoms with Gasteiger partial charge < -0.3 is 4.74 Å². The molecule has 1 aromatic carbocycles. The summed E-state index contributed by atoms with van der Waals surface area (Å²) < 4.78 is 18.1. The van der Waals surface area contributed by atoms with E-state index >= 15 is 0 Å². The van der Waals surface area contributed by atoms with Gasteiger partial charge in [-0.05, 0) is 24.6 Å². The molecule has 0 saturated carbocycles. The van der Waals surface area contributed by atoms with Gasteiger partial charge in [-0.25, -0.2) is 4.39 Å². The molecule has 1 unspecified atom stereocenters. The highest BCUT2D eigenvalue weighted by Gasteiger charge is 2.14. The zero-order chi connectivity index (χ0) is 9.84. The molecule has 0 fully saturated rings. The largest absolute Gasteiger partial charge is 0.497 e. The highest BCUT2D eigenvalue weighted by molar-refractivity contribution is 5.81. The van der Waals surface area contributed by atoms with Crippen LogP contribution >= 0.6 is 0 Å². The summed E-state index contributed by atoms with van der Waals surface area (Å²) in [4.78, 5) is 10.7. The molecule has 2 nitrogen and oxygen atoms in total. The number of methoxy groups -OCH3 is 1. The first kappa shape index (κ1) is 9.71. The third-order valence-electron chi connectivity index (χ3n) is 1.74. The first-order valence-electron chi connectivity index (χ1n) is 3.93. The van der Waals surface area contributed by atoms with E-state index in [4.69, 9.17) is 4.74 Å². The van der Waals surface area contributed by atoms with Crippen LogP contribution in [-0.4, -0.2) is 12.9 Å². The molecule has 0 aliphatic carbocycles. The lowest BCUT2D eigenvalue weighted by molar-refractivity contribution is -0.121. The van der Waals surface area contributed by atoms with E-state index in [1.807, 2.05) is 0 Å². The lowest BCUT2D eigenvalue weighted by Gasteiger charge is -2.06. The fourth-order valence-electron chi connectivity index (χ4n) is 1.03. The van der Waals surface area contributed by atoms with Crippen molar-refractivity contribution in [1.82, 2.24) is 0 Å². The quantitative estimate of drug-likeness (QED) is 0.716. The summed E-state index contributed by atoms with van der Waals surface area (Å²) in [5, 5.41) is 0. The van der Waals surface area contributed by atoms with Crippen molar-refractivity contribution in [2.75, 3.05) is 7.11 Å². The number of Topliss-reactive ketones (excluding diaryl/α,β-unsaturated/α-hetero) is 1. The van der Waals surface area contributed by atoms with Crippen molar-refractivity contribution in [2.45, 2.75) is 13.1 Å². The minimum absolute atomic E-state index is 0.340. The van der Waals surface area contributed by atoms with Gasteiger partial charge in [-0.3, -0.25) is 4.79 Å². The van der Waals surface area contributed by atoms with Crippen molar-refractivity contribution in [1.29, 1.82) is 0 Å². The maximum absolute atomic E-state index is 13.2. The predicted octanol–water partition coefficient (Wildman–Crippen LogP) is 2.29. The van der Waals surface area contributed by atoms with E-state index in [2.05, 4.69) is 0 Å². The average molecular weight is 182 g/mol. The van der Waals surface area contributed by atoms with Crippen molar-refractivity contribution >= 4 is 5.78 Å². The Labute approximate surface area is 76.3 Å². The molecule has 13 heavy (non-hydrogen) atoms. The molecule has 1 rings (SSSR count). The van der Waals surface area contributed by atoms with Crippen molar-refractivity contribution in [3.63, 3.8) is 0 Å². The van der Waals surface area contributed by atoms with Gasteiger partial charge in [0.2, 0.25) is 0 Å². The van der Waals surface area contributed by atoms with Crippen LogP contribution in [0, 0.1) is 0 Å². The molecule has 0 aliphatic heterocycles. The first-order chi connectivity index (χ1) is 6.15. The van der Waals surface area contributed by atoms with Gasteiger partial charge in [-0.2, -0.15) is 0 Å². The second kappa shape index (κ2) is 4.03. The Bertz CT molecular complexity index is 310. The SMILES string of the molecule is COc1cccc(C(F)C(C)=O)c1. The van der Waals surface area contributed by atoms with E-state index in [1.165, 1.54) is 20.1 Å². The van der Waals surface area contributed by atoms with Gasteiger partial charge in [-0.1, -0.05) is 12.1 Å². The number of ketones is 1. The van der Waals surface area contributed by atoms with Crippen molar-refractivity contribution in [3.05, 3.63) is 29.8 Å². The molecule has 70 valence electrons. The fraction of sp³-hybridized carbons (Fsp3) is 0.300. The van der Waals surface area contributed by atoms with Crippen molar-refractivity contribution in [3.8, 4) is 5.75 Å². The molecule has 0 heterocycles. The van der Waals surface area contributed by atoms with Gasteiger partial charge in [0.15, 0.2) is 12.0 Å². The summed E-state index contributed by atoms with van der Waals surface area (Å²) >= 11 is 0. The molecule has 0 aliphatic rings. The molecular weight excluding hydrogens is 171 g/mol. The maximum Gasteiger partial charge on any atom is 0.183 e. The van der Waals surface area contributed by atoms with E-state index in [-0.39, 0.29) is 0 Å². The number of ether oxygens (including phenoxy) is 1. The zero-order valence-corrected chi connectivity index (χ0v) is 7.58. The van der Waals surface area contributed by atoms with E-state index in [1.54, 1.807) is 18.2 Å².